The number of benzene rings is 2. The maximum atomic E-state index is 12.3. The summed E-state index contributed by atoms with van der Waals surface area (Å²) in [5, 5.41) is 8.55. The van der Waals surface area contributed by atoms with Crippen LogP contribution in [0.3, 0.4) is 0 Å². The lowest BCUT2D eigenvalue weighted by Gasteiger charge is -2.09. The number of methoxy groups -OCH3 is 1. The first-order chi connectivity index (χ1) is 13.1. The third-order valence-corrected chi connectivity index (χ3v) is 3.62. The van der Waals surface area contributed by atoms with E-state index in [9.17, 15) is 9.59 Å². The number of hydrogen-bond acceptors (Lipinski definition) is 5. The van der Waals surface area contributed by atoms with Crippen molar-refractivity contribution in [1.29, 1.82) is 0 Å². The maximum absolute atomic E-state index is 12.3. The summed E-state index contributed by atoms with van der Waals surface area (Å²) in [4.78, 5) is 24.1. The van der Waals surface area contributed by atoms with Gasteiger partial charge < -0.3 is 25.4 Å². The van der Waals surface area contributed by atoms with E-state index >= 15 is 0 Å². The number of rotatable bonds is 10. The fourth-order valence-corrected chi connectivity index (χ4v) is 2.29. The smallest absolute Gasteiger partial charge is 0.255 e. The van der Waals surface area contributed by atoms with Gasteiger partial charge in [-0.2, -0.15) is 0 Å². The highest BCUT2D eigenvalue weighted by atomic mass is 16.5. The molecule has 3 N–H and O–H groups in total. The maximum Gasteiger partial charge on any atom is 0.255 e. The minimum atomic E-state index is -0.224. The summed E-state index contributed by atoms with van der Waals surface area (Å²) < 4.78 is 10.3. The largest absolute Gasteiger partial charge is 0.494 e. The molecular formula is C20H25N3O4. The van der Waals surface area contributed by atoms with Gasteiger partial charge >= 0.3 is 0 Å². The molecule has 0 aromatic heterocycles. The molecule has 0 aliphatic heterocycles. The Morgan fingerprint density at radius 1 is 0.926 bits per heavy atom. The van der Waals surface area contributed by atoms with Gasteiger partial charge in [0.1, 0.15) is 5.75 Å². The molecule has 2 aromatic rings. The molecule has 0 unspecified atom stereocenters. The van der Waals surface area contributed by atoms with E-state index < -0.39 is 0 Å². The second kappa shape index (κ2) is 10.9. The molecule has 0 atom stereocenters. The second-order valence-corrected chi connectivity index (χ2v) is 5.71. The van der Waals surface area contributed by atoms with Crippen LogP contribution in [0.15, 0.2) is 48.5 Å². The SMILES string of the molecule is CCOc1ccc(NC(=O)c2ccc(NC(=O)CNCCOC)cc2)cc1. The standard InChI is InChI=1S/C20H25N3O4/c1-3-27-18-10-8-17(9-11-18)23-20(25)15-4-6-16(7-5-15)22-19(24)14-21-12-13-26-2/h4-11,21H,3,12-14H2,1-2H3,(H,22,24)(H,23,25). The third kappa shape index (κ3) is 7.08. The van der Waals surface area contributed by atoms with Crippen LogP contribution < -0.4 is 20.7 Å². The Balaban J connectivity index is 1.84. The van der Waals surface area contributed by atoms with Gasteiger partial charge in [-0.1, -0.05) is 0 Å². The van der Waals surface area contributed by atoms with E-state index in [1.807, 2.05) is 6.92 Å². The van der Waals surface area contributed by atoms with Crippen molar-refractivity contribution in [2.75, 3.05) is 44.0 Å². The number of ether oxygens (including phenoxy) is 2. The van der Waals surface area contributed by atoms with Crippen LogP contribution in [-0.2, 0) is 9.53 Å². The predicted octanol–water partition coefficient (Wildman–Crippen LogP) is 2.51. The van der Waals surface area contributed by atoms with Gasteiger partial charge in [-0.3, -0.25) is 9.59 Å². The van der Waals surface area contributed by atoms with Gasteiger partial charge in [-0.05, 0) is 55.5 Å². The Bertz CT molecular complexity index is 730. The fraction of sp³-hybridized carbons (Fsp3) is 0.300. The Morgan fingerprint density at radius 2 is 1.56 bits per heavy atom. The predicted molar refractivity (Wildman–Crippen MR) is 105 cm³/mol. The lowest BCUT2D eigenvalue weighted by atomic mass is 10.2. The summed E-state index contributed by atoms with van der Waals surface area (Å²) in [6.45, 7) is 3.86. The Hall–Kier alpha value is -2.90. The van der Waals surface area contributed by atoms with Gasteiger partial charge in [0.15, 0.2) is 0 Å². The number of amides is 2. The Kier molecular flexibility index (Phi) is 8.28. The van der Waals surface area contributed by atoms with Crippen LogP contribution in [-0.4, -0.2) is 45.2 Å². The summed E-state index contributed by atoms with van der Waals surface area (Å²) in [7, 11) is 1.61. The summed E-state index contributed by atoms with van der Waals surface area (Å²) >= 11 is 0. The average molecular weight is 371 g/mol. The van der Waals surface area contributed by atoms with Crippen molar-refractivity contribution in [3.63, 3.8) is 0 Å². The van der Waals surface area contributed by atoms with E-state index in [-0.39, 0.29) is 18.4 Å². The van der Waals surface area contributed by atoms with Crippen LogP contribution in [0.2, 0.25) is 0 Å². The molecule has 0 radical (unpaired) electrons. The monoisotopic (exact) mass is 371 g/mol. The number of anilines is 2. The highest BCUT2D eigenvalue weighted by Gasteiger charge is 2.07. The molecule has 0 spiro atoms. The molecule has 0 saturated carbocycles. The molecule has 7 nitrogen and oxygen atoms in total. The molecule has 7 heteroatoms. The molecule has 2 rings (SSSR count). The van der Waals surface area contributed by atoms with E-state index in [2.05, 4.69) is 16.0 Å². The van der Waals surface area contributed by atoms with Gasteiger partial charge in [0.2, 0.25) is 5.91 Å². The van der Waals surface area contributed by atoms with Crippen molar-refractivity contribution in [3.8, 4) is 5.75 Å². The van der Waals surface area contributed by atoms with E-state index in [4.69, 9.17) is 9.47 Å². The van der Waals surface area contributed by atoms with Crippen LogP contribution in [0.25, 0.3) is 0 Å². The number of carbonyl (C=O) groups is 2. The van der Waals surface area contributed by atoms with Crippen molar-refractivity contribution in [1.82, 2.24) is 5.32 Å². The lowest BCUT2D eigenvalue weighted by molar-refractivity contribution is -0.115. The molecule has 0 heterocycles. The minimum absolute atomic E-state index is 0.155. The molecule has 0 aliphatic carbocycles. The fourth-order valence-electron chi connectivity index (χ4n) is 2.29. The van der Waals surface area contributed by atoms with E-state index in [0.29, 0.717) is 36.7 Å². The van der Waals surface area contributed by atoms with Gasteiger partial charge in [0.25, 0.3) is 5.91 Å². The number of carbonyl (C=O) groups excluding carboxylic acids is 2. The molecule has 144 valence electrons. The van der Waals surface area contributed by atoms with E-state index in [1.54, 1.807) is 55.6 Å². The molecular weight excluding hydrogens is 346 g/mol. The second-order valence-electron chi connectivity index (χ2n) is 5.71. The van der Waals surface area contributed by atoms with Crippen molar-refractivity contribution in [2.24, 2.45) is 0 Å². The van der Waals surface area contributed by atoms with Crippen LogP contribution in [0.1, 0.15) is 17.3 Å². The molecule has 0 fully saturated rings. The molecule has 2 aromatic carbocycles. The zero-order valence-electron chi connectivity index (χ0n) is 15.6. The van der Waals surface area contributed by atoms with Crippen molar-refractivity contribution in [2.45, 2.75) is 6.92 Å². The summed E-state index contributed by atoms with van der Waals surface area (Å²) in [6.07, 6.45) is 0. The molecule has 0 aliphatic rings. The Morgan fingerprint density at radius 3 is 2.19 bits per heavy atom. The molecule has 0 bridgehead atoms. The zero-order chi connectivity index (χ0) is 19.5. The van der Waals surface area contributed by atoms with Gasteiger partial charge in [-0.15, -0.1) is 0 Å². The van der Waals surface area contributed by atoms with Crippen LogP contribution in [0.4, 0.5) is 11.4 Å². The van der Waals surface area contributed by atoms with Crippen LogP contribution in [0, 0.1) is 0 Å². The highest BCUT2D eigenvalue weighted by Crippen LogP contribution is 2.17. The van der Waals surface area contributed by atoms with Gasteiger partial charge in [0.05, 0.1) is 19.8 Å². The number of nitrogens with one attached hydrogen (secondary N) is 3. The van der Waals surface area contributed by atoms with Crippen LogP contribution in [0.5, 0.6) is 5.75 Å². The van der Waals surface area contributed by atoms with Gasteiger partial charge in [0, 0.05) is 30.6 Å². The quantitative estimate of drug-likeness (QED) is 0.559. The topological polar surface area (TPSA) is 88.7 Å². The van der Waals surface area contributed by atoms with Crippen LogP contribution >= 0.6 is 0 Å². The normalized spacial score (nSPS) is 10.3. The number of hydrogen-bond donors (Lipinski definition) is 3. The van der Waals surface area contributed by atoms with E-state index in [0.717, 1.165) is 5.75 Å². The lowest BCUT2D eigenvalue weighted by Crippen LogP contribution is -2.30. The zero-order valence-corrected chi connectivity index (χ0v) is 15.6. The van der Waals surface area contributed by atoms with Crippen molar-refractivity contribution < 1.29 is 19.1 Å². The van der Waals surface area contributed by atoms with Crippen molar-refractivity contribution >= 4 is 23.2 Å². The Labute approximate surface area is 159 Å². The molecule has 0 saturated heterocycles. The third-order valence-electron chi connectivity index (χ3n) is 3.62. The summed E-state index contributed by atoms with van der Waals surface area (Å²) in [5.41, 5.74) is 1.81. The highest BCUT2D eigenvalue weighted by molar-refractivity contribution is 6.04. The first-order valence-electron chi connectivity index (χ1n) is 8.76. The minimum Gasteiger partial charge on any atom is -0.494 e. The van der Waals surface area contributed by atoms with E-state index in [1.165, 1.54) is 0 Å². The average Bonchev–Trinajstić information content (AvgIpc) is 2.67. The summed E-state index contributed by atoms with van der Waals surface area (Å²) in [6, 6.07) is 13.9. The molecule has 2 amide bonds. The first-order valence-corrected chi connectivity index (χ1v) is 8.76. The molecule has 27 heavy (non-hydrogen) atoms. The summed E-state index contributed by atoms with van der Waals surface area (Å²) in [5.74, 6) is 0.378. The first kappa shape index (κ1) is 20.4. The van der Waals surface area contributed by atoms with Gasteiger partial charge in [-0.25, -0.2) is 0 Å². The van der Waals surface area contributed by atoms with Crippen molar-refractivity contribution in [3.05, 3.63) is 54.1 Å².